The molecule has 2 atom stereocenters. The molecule has 5 nitrogen and oxygen atoms in total. The number of benzene rings is 1. The van der Waals surface area contributed by atoms with E-state index in [4.69, 9.17) is 10.5 Å². The van der Waals surface area contributed by atoms with Crippen LogP contribution >= 0.6 is 15.9 Å². The maximum atomic E-state index is 12.7. The van der Waals surface area contributed by atoms with Gasteiger partial charge in [-0.05, 0) is 59.8 Å². The molecule has 1 aliphatic rings. The minimum atomic E-state index is -3.48. The second kappa shape index (κ2) is 6.64. The Morgan fingerprint density at radius 1 is 1.48 bits per heavy atom. The first kappa shape index (κ1) is 16.7. The lowest BCUT2D eigenvalue weighted by Gasteiger charge is -2.33. The number of methoxy groups -OCH3 is 1. The van der Waals surface area contributed by atoms with Gasteiger partial charge in [0.15, 0.2) is 0 Å². The van der Waals surface area contributed by atoms with Gasteiger partial charge in [0, 0.05) is 19.1 Å². The van der Waals surface area contributed by atoms with Crippen molar-refractivity contribution >= 4 is 26.0 Å². The lowest BCUT2D eigenvalue weighted by molar-refractivity contribution is 0.243. The molecule has 1 aliphatic heterocycles. The van der Waals surface area contributed by atoms with Crippen LogP contribution in [0.25, 0.3) is 0 Å². The SMILES string of the molecule is COc1ccc(S(=O)(=O)N2CCC[C@H]([C@@H](C)N)C2)cc1Br. The molecular formula is C14H21BrN2O3S. The molecule has 1 fully saturated rings. The predicted molar refractivity (Wildman–Crippen MR) is 85.8 cm³/mol. The van der Waals surface area contributed by atoms with Crippen molar-refractivity contribution in [3.63, 3.8) is 0 Å². The Balaban J connectivity index is 2.27. The highest BCUT2D eigenvalue weighted by molar-refractivity contribution is 9.10. The second-order valence-electron chi connectivity index (χ2n) is 5.42. The fourth-order valence-electron chi connectivity index (χ4n) is 2.58. The maximum absolute atomic E-state index is 12.7. The highest BCUT2D eigenvalue weighted by atomic mass is 79.9. The summed E-state index contributed by atoms with van der Waals surface area (Å²) in [6, 6.07) is 4.83. The molecule has 1 saturated heterocycles. The van der Waals surface area contributed by atoms with E-state index in [9.17, 15) is 8.42 Å². The predicted octanol–water partition coefficient (Wildman–Crippen LogP) is 2.21. The van der Waals surface area contributed by atoms with Crippen molar-refractivity contribution in [2.75, 3.05) is 20.2 Å². The monoisotopic (exact) mass is 376 g/mol. The zero-order valence-electron chi connectivity index (χ0n) is 12.3. The van der Waals surface area contributed by atoms with Crippen LogP contribution in [0.4, 0.5) is 0 Å². The van der Waals surface area contributed by atoms with Gasteiger partial charge in [0.2, 0.25) is 10.0 Å². The lowest BCUT2D eigenvalue weighted by atomic mass is 9.93. The maximum Gasteiger partial charge on any atom is 0.243 e. The topological polar surface area (TPSA) is 72.6 Å². The number of nitrogens with zero attached hydrogens (tertiary/aromatic N) is 1. The number of halogens is 1. The smallest absolute Gasteiger partial charge is 0.243 e. The molecule has 0 aromatic heterocycles. The first-order valence-electron chi connectivity index (χ1n) is 6.95. The van der Waals surface area contributed by atoms with Gasteiger partial charge >= 0.3 is 0 Å². The van der Waals surface area contributed by atoms with Crippen LogP contribution in [0.1, 0.15) is 19.8 Å². The van der Waals surface area contributed by atoms with E-state index in [1.165, 1.54) is 0 Å². The summed E-state index contributed by atoms with van der Waals surface area (Å²) >= 11 is 3.33. The zero-order chi connectivity index (χ0) is 15.6. The number of hydrogen-bond donors (Lipinski definition) is 1. The highest BCUT2D eigenvalue weighted by Gasteiger charge is 2.31. The van der Waals surface area contributed by atoms with Crippen molar-refractivity contribution in [3.8, 4) is 5.75 Å². The highest BCUT2D eigenvalue weighted by Crippen LogP contribution is 2.30. The molecule has 2 N–H and O–H groups in total. The Labute approximate surface area is 134 Å². The third-order valence-corrected chi connectivity index (χ3v) is 6.41. The van der Waals surface area contributed by atoms with Gasteiger partial charge in [-0.25, -0.2) is 8.42 Å². The molecule has 0 saturated carbocycles. The van der Waals surface area contributed by atoms with Gasteiger partial charge in [0.25, 0.3) is 0 Å². The van der Waals surface area contributed by atoms with Crippen LogP contribution in [0.2, 0.25) is 0 Å². The first-order chi connectivity index (χ1) is 9.86. The number of ether oxygens (including phenoxy) is 1. The molecule has 1 heterocycles. The zero-order valence-corrected chi connectivity index (χ0v) is 14.7. The summed E-state index contributed by atoms with van der Waals surface area (Å²) < 4.78 is 32.8. The van der Waals surface area contributed by atoms with E-state index in [0.29, 0.717) is 23.3 Å². The van der Waals surface area contributed by atoms with Gasteiger partial charge in [-0.15, -0.1) is 0 Å². The van der Waals surface area contributed by atoms with Crippen LogP contribution in [0, 0.1) is 5.92 Å². The second-order valence-corrected chi connectivity index (χ2v) is 8.21. The molecule has 0 aliphatic carbocycles. The van der Waals surface area contributed by atoms with Gasteiger partial charge < -0.3 is 10.5 Å². The van der Waals surface area contributed by atoms with Crippen molar-refractivity contribution in [2.24, 2.45) is 11.7 Å². The number of hydrogen-bond acceptors (Lipinski definition) is 4. The van der Waals surface area contributed by atoms with E-state index in [0.717, 1.165) is 12.8 Å². The van der Waals surface area contributed by atoms with E-state index in [-0.39, 0.29) is 16.9 Å². The molecule has 1 aromatic carbocycles. The van der Waals surface area contributed by atoms with E-state index < -0.39 is 10.0 Å². The average Bonchev–Trinajstić information content (AvgIpc) is 2.47. The number of piperidine rings is 1. The molecular weight excluding hydrogens is 356 g/mol. The molecule has 0 unspecified atom stereocenters. The lowest BCUT2D eigenvalue weighted by Crippen LogP contribution is -2.44. The van der Waals surface area contributed by atoms with E-state index in [1.54, 1.807) is 29.6 Å². The third kappa shape index (κ3) is 3.59. The summed E-state index contributed by atoms with van der Waals surface area (Å²) in [6.45, 7) is 2.98. The fraction of sp³-hybridized carbons (Fsp3) is 0.571. The van der Waals surface area contributed by atoms with Crippen LogP contribution in [0.15, 0.2) is 27.6 Å². The average molecular weight is 377 g/mol. The first-order valence-corrected chi connectivity index (χ1v) is 9.19. The summed E-state index contributed by atoms with van der Waals surface area (Å²) in [5, 5.41) is 0. The third-order valence-electron chi connectivity index (χ3n) is 3.93. The number of nitrogens with two attached hydrogens (primary N) is 1. The van der Waals surface area contributed by atoms with Crippen LogP contribution in [-0.4, -0.2) is 39.0 Å². The Hall–Kier alpha value is -0.630. The Kier molecular flexibility index (Phi) is 5.29. The summed E-state index contributed by atoms with van der Waals surface area (Å²) in [5.41, 5.74) is 5.93. The van der Waals surface area contributed by atoms with Crippen LogP contribution in [0.5, 0.6) is 5.75 Å². The minimum Gasteiger partial charge on any atom is -0.496 e. The van der Waals surface area contributed by atoms with Crippen molar-refractivity contribution in [3.05, 3.63) is 22.7 Å². The Morgan fingerprint density at radius 2 is 2.19 bits per heavy atom. The quantitative estimate of drug-likeness (QED) is 0.873. The molecule has 0 spiro atoms. The summed E-state index contributed by atoms with van der Waals surface area (Å²) in [4.78, 5) is 0.278. The molecule has 2 rings (SSSR count). The standard InChI is InChI=1S/C14H21BrN2O3S/c1-10(16)11-4-3-7-17(9-11)21(18,19)12-5-6-14(20-2)13(15)8-12/h5-6,8,10-11H,3-4,7,9,16H2,1-2H3/t10-,11+/m1/s1. The van der Waals surface area contributed by atoms with Crippen molar-refractivity contribution in [2.45, 2.75) is 30.7 Å². The molecule has 7 heteroatoms. The van der Waals surface area contributed by atoms with Crippen LogP contribution in [-0.2, 0) is 10.0 Å². The number of rotatable bonds is 4. The summed E-state index contributed by atoms with van der Waals surface area (Å²) in [7, 11) is -1.94. The summed E-state index contributed by atoms with van der Waals surface area (Å²) in [5.74, 6) is 0.830. The molecule has 0 amide bonds. The van der Waals surface area contributed by atoms with E-state index in [1.807, 2.05) is 6.92 Å². The largest absolute Gasteiger partial charge is 0.496 e. The van der Waals surface area contributed by atoms with Crippen LogP contribution < -0.4 is 10.5 Å². The van der Waals surface area contributed by atoms with Gasteiger partial charge in [-0.3, -0.25) is 0 Å². The minimum absolute atomic E-state index is 0.00519. The molecule has 1 aromatic rings. The van der Waals surface area contributed by atoms with Gasteiger partial charge in [-0.1, -0.05) is 0 Å². The molecule has 21 heavy (non-hydrogen) atoms. The summed E-state index contributed by atoms with van der Waals surface area (Å²) in [6.07, 6.45) is 1.83. The van der Waals surface area contributed by atoms with Gasteiger partial charge in [0.05, 0.1) is 16.5 Å². The number of sulfonamides is 1. The molecule has 118 valence electrons. The van der Waals surface area contributed by atoms with E-state index in [2.05, 4.69) is 15.9 Å². The fourth-order valence-corrected chi connectivity index (χ4v) is 4.83. The van der Waals surface area contributed by atoms with E-state index >= 15 is 0 Å². The Bertz CT molecular complexity index is 604. The van der Waals surface area contributed by atoms with Gasteiger partial charge in [-0.2, -0.15) is 4.31 Å². The normalized spacial score (nSPS) is 22.0. The Morgan fingerprint density at radius 3 is 2.76 bits per heavy atom. The van der Waals surface area contributed by atoms with Crippen molar-refractivity contribution in [1.29, 1.82) is 0 Å². The van der Waals surface area contributed by atoms with Crippen molar-refractivity contribution < 1.29 is 13.2 Å². The molecule has 0 radical (unpaired) electrons. The molecule has 0 bridgehead atoms. The van der Waals surface area contributed by atoms with Crippen molar-refractivity contribution in [1.82, 2.24) is 4.31 Å². The van der Waals surface area contributed by atoms with Crippen LogP contribution in [0.3, 0.4) is 0 Å². The van der Waals surface area contributed by atoms with Gasteiger partial charge in [0.1, 0.15) is 5.75 Å².